The average Bonchev–Trinajstić information content (AvgIpc) is 3.18. The van der Waals surface area contributed by atoms with Crippen molar-refractivity contribution in [2.24, 2.45) is 0 Å². The third-order valence-corrected chi connectivity index (χ3v) is 6.32. The van der Waals surface area contributed by atoms with Crippen molar-refractivity contribution in [3.63, 3.8) is 0 Å². The van der Waals surface area contributed by atoms with Crippen molar-refractivity contribution in [3.05, 3.63) is 40.5 Å². The van der Waals surface area contributed by atoms with E-state index >= 15 is 0 Å². The smallest absolute Gasteiger partial charge is 0.339 e. The second-order valence-corrected chi connectivity index (χ2v) is 8.70. The zero-order valence-electron chi connectivity index (χ0n) is 17.5. The highest BCUT2D eigenvalue weighted by molar-refractivity contribution is 7.99. The van der Waals surface area contributed by atoms with Gasteiger partial charge in [-0.2, -0.15) is 4.98 Å². The lowest BCUT2D eigenvalue weighted by atomic mass is 10.0. The zero-order chi connectivity index (χ0) is 22.5. The summed E-state index contributed by atoms with van der Waals surface area (Å²) in [5, 5.41) is 27.6. The lowest BCUT2D eigenvalue weighted by Gasteiger charge is -2.21. The molecule has 0 spiro atoms. The van der Waals surface area contributed by atoms with E-state index in [9.17, 15) is 15.0 Å². The summed E-state index contributed by atoms with van der Waals surface area (Å²) < 4.78 is 16.2. The molecule has 0 fully saturated rings. The number of thiocarbonyl (C=S) groups is 1. The average molecular weight is 468 g/mol. The predicted molar refractivity (Wildman–Crippen MR) is 118 cm³/mol. The number of benzene rings is 1. The molecule has 0 radical (unpaired) electrons. The van der Waals surface area contributed by atoms with Crippen molar-refractivity contribution in [1.29, 1.82) is 0 Å². The Kier molecular flexibility index (Phi) is 7.87. The molecule has 168 valence electrons. The van der Waals surface area contributed by atoms with Crippen molar-refractivity contribution in [2.75, 3.05) is 19.5 Å². The second-order valence-electron chi connectivity index (χ2n) is 7.09. The molecule has 0 amide bonds. The minimum atomic E-state index is -1.04. The van der Waals surface area contributed by atoms with E-state index in [1.54, 1.807) is 26.0 Å². The molecule has 2 aromatic rings. The van der Waals surface area contributed by atoms with Gasteiger partial charge in [-0.1, -0.05) is 23.4 Å². The molecule has 3 N–H and O–H groups in total. The van der Waals surface area contributed by atoms with Crippen LogP contribution in [0.3, 0.4) is 0 Å². The number of ether oxygens (including phenoxy) is 2. The Labute approximate surface area is 189 Å². The van der Waals surface area contributed by atoms with Gasteiger partial charge in [0.2, 0.25) is 5.89 Å². The molecule has 0 saturated carbocycles. The minimum Gasteiger partial charge on any atom is -0.496 e. The number of fused-ring (bicyclic) bond motifs is 1. The number of aliphatic hydroxyl groups excluding tert-OH is 2. The molecule has 11 heteroatoms. The number of aliphatic hydroxyl groups is 2. The van der Waals surface area contributed by atoms with Gasteiger partial charge in [-0.25, -0.2) is 4.79 Å². The summed E-state index contributed by atoms with van der Waals surface area (Å²) in [6.07, 6.45) is -0.0351. The molecule has 1 aliphatic rings. The SMILES string of the molecule is COc1ccc2c(c1C)C(=O)O[C@H](CO)CCC(=S)N[C@H](c1nc(C)no1)CSC2O. The van der Waals surface area contributed by atoms with Gasteiger partial charge in [0.25, 0.3) is 0 Å². The number of hydrogen-bond donors (Lipinski definition) is 3. The molecule has 2 heterocycles. The number of cyclic esters (lactones) is 1. The van der Waals surface area contributed by atoms with Crippen molar-refractivity contribution < 1.29 is 29.0 Å². The summed E-state index contributed by atoms with van der Waals surface area (Å²) in [5.74, 6) is 1.06. The Bertz CT molecular complexity index is 951. The van der Waals surface area contributed by atoms with Gasteiger partial charge < -0.3 is 29.5 Å². The standard InChI is InChI=1S/C20H25N3O6S2/c1-10-15(27-3)6-5-13-17(10)19(25)28-12(8-24)4-7-16(30)22-14(9-31-20(13)26)18-21-11(2)23-29-18/h5-6,12,14,20,24,26H,4,7-9H2,1-3H3,(H,22,30)/t12-,14-,20?/m0/s1. The van der Waals surface area contributed by atoms with Crippen LogP contribution >= 0.6 is 24.0 Å². The van der Waals surface area contributed by atoms with Crippen molar-refractivity contribution in [3.8, 4) is 5.75 Å². The van der Waals surface area contributed by atoms with Gasteiger partial charge >= 0.3 is 5.97 Å². The highest BCUT2D eigenvalue weighted by Crippen LogP contribution is 2.36. The molecular formula is C20H25N3O6S2. The topological polar surface area (TPSA) is 127 Å². The number of rotatable bonds is 3. The first-order valence-corrected chi connectivity index (χ1v) is 11.2. The van der Waals surface area contributed by atoms with E-state index in [0.717, 1.165) is 0 Å². The fourth-order valence-corrected chi connectivity index (χ4v) is 4.51. The number of methoxy groups -OCH3 is 1. The van der Waals surface area contributed by atoms with Gasteiger partial charge in [0, 0.05) is 23.3 Å². The molecule has 0 aliphatic carbocycles. The number of thioether (sulfide) groups is 1. The minimum absolute atomic E-state index is 0.220. The maximum atomic E-state index is 13.0. The van der Waals surface area contributed by atoms with Crippen molar-refractivity contribution in [1.82, 2.24) is 15.5 Å². The van der Waals surface area contributed by atoms with Gasteiger partial charge in [0.15, 0.2) is 5.82 Å². The van der Waals surface area contributed by atoms with Crippen LogP contribution in [0, 0.1) is 13.8 Å². The Morgan fingerprint density at radius 3 is 2.81 bits per heavy atom. The monoisotopic (exact) mass is 467 g/mol. The van der Waals surface area contributed by atoms with Gasteiger partial charge in [0.05, 0.1) is 24.3 Å². The largest absolute Gasteiger partial charge is 0.496 e. The van der Waals surface area contributed by atoms with E-state index in [0.29, 0.717) is 52.2 Å². The molecule has 31 heavy (non-hydrogen) atoms. The maximum absolute atomic E-state index is 13.0. The molecule has 1 aromatic heterocycles. The van der Waals surface area contributed by atoms with Gasteiger partial charge in [-0.3, -0.25) is 0 Å². The molecule has 3 rings (SSSR count). The first-order chi connectivity index (χ1) is 14.8. The van der Waals surface area contributed by atoms with Crippen LogP contribution in [0.4, 0.5) is 0 Å². The van der Waals surface area contributed by atoms with E-state index in [-0.39, 0.29) is 12.2 Å². The number of nitrogens with one attached hydrogen (secondary N) is 1. The predicted octanol–water partition coefficient (Wildman–Crippen LogP) is 2.39. The summed E-state index contributed by atoms with van der Waals surface area (Å²) in [7, 11) is 1.50. The van der Waals surface area contributed by atoms with Crippen LogP contribution in [0.1, 0.15) is 57.5 Å². The summed E-state index contributed by atoms with van der Waals surface area (Å²) >= 11 is 6.62. The molecule has 0 bridgehead atoms. The van der Waals surface area contributed by atoms with Gasteiger partial charge in [0.1, 0.15) is 23.3 Å². The fourth-order valence-electron chi connectivity index (χ4n) is 3.27. The number of aryl methyl sites for hydroxylation is 1. The van der Waals surface area contributed by atoms with E-state index < -0.39 is 23.6 Å². The fraction of sp³-hybridized carbons (Fsp3) is 0.500. The second kappa shape index (κ2) is 10.4. The first-order valence-electron chi connectivity index (χ1n) is 9.72. The molecule has 1 aromatic carbocycles. The molecule has 1 aliphatic heterocycles. The molecule has 3 atom stereocenters. The maximum Gasteiger partial charge on any atom is 0.339 e. The van der Waals surface area contributed by atoms with Gasteiger partial charge in [-0.05, 0) is 26.3 Å². The number of esters is 1. The van der Waals surface area contributed by atoms with Crippen LogP contribution in [0.15, 0.2) is 16.7 Å². The lowest BCUT2D eigenvalue weighted by molar-refractivity contribution is 0.0117. The normalized spacial score (nSPS) is 22.9. The van der Waals surface area contributed by atoms with Crippen LogP contribution in [0.2, 0.25) is 0 Å². The van der Waals surface area contributed by atoms with Crippen LogP contribution in [-0.4, -0.2) is 56.9 Å². The van der Waals surface area contributed by atoms with Crippen LogP contribution in [0.25, 0.3) is 0 Å². The van der Waals surface area contributed by atoms with E-state index in [4.69, 9.17) is 26.2 Å². The highest BCUT2D eigenvalue weighted by atomic mass is 32.2. The Hall–Kier alpha value is -2.21. The lowest BCUT2D eigenvalue weighted by Crippen LogP contribution is -2.30. The third-order valence-electron chi connectivity index (χ3n) is 4.91. The number of hydrogen-bond acceptors (Lipinski definition) is 10. The van der Waals surface area contributed by atoms with E-state index in [2.05, 4.69) is 15.5 Å². The van der Waals surface area contributed by atoms with Crippen molar-refractivity contribution >= 4 is 34.9 Å². The number of nitrogens with zero attached hydrogens (tertiary/aromatic N) is 2. The summed E-state index contributed by atoms with van der Waals surface area (Å²) in [6.45, 7) is 3.09. The number of aromatic nitrogens is 2. The van der Waals surface area contributed by atoms with Crippen LogP contribution in [-0.2, 0) is 4.74 Å². The summed E-state index contributed by atoms with van der Waals surface area (Å²) in [4.78, 5) is 17.8. The zero-order valence-corrected chi connectivity index (χ0v) is 19.1. The molecule has 9 nitrogen and oxygen atoms in total. The Balaban J connectivity index is 1.99. The number of carbonyl (C=O) groups excluding carboxylic acids is 1. The Morgan fingerprint density at radius 1 is 1.39 bits per heavy atom. The first kappa shape index (κ1) is 23.5. The van der Waals surface area contributed by atoms with Crippen LogP contribution in [0.5, 0.6) is 5.75 Å². The number of carbonyl (C=O) groups is 1. The Morgan fingerprint density at radius 2 is 2.16 bits per heavy atom. The van der Waals surface area contributed by atoms with Gasteiger partial charge in [-0.15, -0.1) is 11.8 Å². The third kappa shape index (κ3) is 5.53. The molecule has 0 saturated heterocycles. The summed E-state index contributed by atoms with van der Waals surface area (Å²) in [5.41, 5.74) is 0.126. The highest BCUT2D eigenvalue weighted by Gasteiger charge is 2.28. The summed E-state index contributed by atoms with van der Waals surface area (Å²) in [6, 6.07) is 2.90. The van der Waals surface area contributed by atoms with E-state index in [1.165, 1.54) is 18.9 Å². The van der Waals surface area contributed by atoms with Crippen LogP contribution < -0.4 is 10.1 Å². The molecule has 1 unspecified atom stereocenters. The molecular weight excluding hydrogens is 442 g/mol. The van der Waals surface area contributed by atoms with Crippen molar-refractivity contribution in [2.45, 2.75) is 44.3 Å². The quantitative estimate of drug-likeness (QED) is 0.455. The van der Waals surface area contributed by atoms with E-state index in [1.807, 2.05) is 0 Å².